The Morgan fingerprint density at radius 1 is 1.21 bits per heavy atom. The van der Waals surface area contributed by atoms with Crippen molar-refractivity contribution in [1.29, 1.82) is 0 Å². The number of nitrogens with one attached hydrogen (secondary N) is 4. The van der Waals surface area contributed by atoms with Crippen molar-refractivity contribution in [3.8, 4) is 0 Å². The molecule has 0 atom stereocenters. The van der Waals surface area contributed by atoms with Gasteiger partial charge in [0.2, 0.25) is 0 Å². The van der Waals surface area contributed by atoms with Crippen molar-refractivity contribution in [3.63, 3.8) is 0 Å². The van der Waals surface area contributed by atoms with Crippen LogP contribution in [0.3, 0.4) is 0 Å². The molecule has 7 nitrogen and oxygen atoms in total. The Morgan fingerprint density at radius 3 is 2.76 bits per heavy atom. The highest BCUT2D eigenvalue weighted by molar-refractivity contribution is 5.65. The minimum absolute atomic E-state index is 0.138. The predicted molar refractivity (Wildman–Crippen MR) is 135 cm³/mol. The lowest BCUT2D eigenvalue weighted by Crippen LogP contribution is -2.40. The van der Waals surface area contributed by atoms with Crippen LogP contribution in [0.4, 0.5) is 20.4 Å². The van der Waals surface area contributed by atoms with Crippen LogP contribution in [-0.2, 0) is 6.42 Å². The fourth-order valence-electron chi connectivity index (χ4n) is 3.82. The Kier molecular flexibility index (Phi) is 9.63. The fraction of sp³-hybridized carbons (Fsp3) is 0.440. The summed E-state index contributed by atoms with van der Waals surface area (Å²) in [7, 11) is 0. The molecule has 4 N–H and O–H groups in total. The molecular weight excluding hydrogens is 436 g/mol. The standard InChI is InChI=1S/C25H35F2N7/c1-3-6-20(30-16-15-29-14-13-28-4-2)7-5-8-21-9-10-22-23(33-21)31-19-32-24(22)34-17-11-25(26,27)12-18-34/h3-9,19,28-30H,2,10-18H2,1H3,(H,31,32,33)/b6-3-,8-5+,20-7+. The van der Waals surface area contributed by atoms with Gasteiger partial charge in [-0.3, -0.25) is 0 Å². The normalized spacial score (nSPS) is 17.9. The molecule has 1 aromatic rings. The van der Waals surface area contributed by atoms with Crippen LogP contribution in [-0.4, -0.2) is 55.2 Å². The summed E-state index contributed by atoms with van der Waals surface area (Å²) in [6.45, 7) is 9.64. The van der Waals surface area contributed by atoms with Gasteiger partial charge in [-0.25, -0.2) is 18.7 Å². The van der Waals surface area contributed by atoms with Gasteiger partial charge in [0.05, 0.1) is 0 Å². The van der Waals surface area contributed by atoms with Crippen molar-refractivity contribution < 1.29 is 8.78 Å². The summed E-state index contributed by atoms with van der Waals surface area (Å²) < 4.78 is 27.1. The predicted octanol–water partition coefficient (Wildman–Crippen LogP) is 3.49. The first kappa shape index (κ1) is 25.4. The second-order valence-corrected chi connectivity index (χ2v) is 8.17. The lowest BCUT2D eigenvalue weighted by atomic mass is 10.0. The molecular formula is C25H35F2N7. The number of anilines is 2. The molecule has 0 bridgehead atoms. The maximum absolute atomic E-state index is 13.5. The van der Waals surface area contributed by atoms with E-state index in [9.17, 15) is 8.78 Å². The zero-order valence-corrected chi connectivity index (χ0v) is 19.8. The van der Waals surface area contributed by atoms with E-state index in [-0.39, 0.29) is 12.8 Å². The number of nitrogens with zero attached hydrogens (tertiary/aromatic N) is 3. The number of piperidine rings is 1. The molecule has 0 aromatic carbocycles. The van der Waals surface area contributed by atoms with E-state index in [1.165, 1.54) is 6.33 Å². The summed E-state index contributed by atoms with van der Waals surface area (Å²) in [6, 6.07) is 0. The van der Waals surface area contributed by atoms with Gasteiger partial charge in [0.25, 0.3) is 5.92 Å². The highest BCUT2D eigenvalue weighted by Gasteiger charge is 2.35. The first-order valence-electron chi connectivity index (χ1n) is 11.8. The third kappa shape index (κ3) is 7.69. The van der Waals surface area contributed by atoms with Crippen molar-refractivity contribution in [3.05, 3.63) is 72.5 Å². The van der Waals surface area contributed by atoms with E-state index in [0.29, 0.717) is 19.5 Å². The van der Waals surface area contributed by atoms with E-state index in [4.69, 9.17) is 0 Å². The fourth-order valence-corrected chi connectivity index (χ4v) is 3.82. The SMILES string of the molecule is C=CNCCNCCNC(/C=C\C)=C/C=C/C1=CCc2c(ncnc2N2CCC(F)(F)CC2)N1. The van der Waals surface area contributed by atoms with E-state index >= 15 is 0 Å². The second-order valence-electron chi connectivity index (χ2n) is 8.17. The molecule has 34 heavy (non-hydrogen) atoms. The van der Waals surface area contributed by atoms with Crippen LogP contribution in [0, 0.1) is 0 Å². The van der Waals surface area contributed by atoms with Crippen LogP contribution in [0.5, 0.6) is 0 Å². The number of allylic oxidation sites excluding steroid dienone is 6. The van der Waals surface area contributed by atoms with Gasteiger partial charge in [0.1, 0.15) is 18.0 Å². The van der Waals surface area contributed by atoms with Crippen molar-refractivity contribution in [2.24, 2.45) is 0 Å². The van der Waals surface area contributed by atoms with Gasteiger partial charge in [0, 0.05) is 69.1 Å². The van der Waals surface area contributed by atoms with Crippen LogP contribution in [0.2, 0.25) is 0 Å². The van der Waals surface area contributed by atoms with E-state index in [1.54, 1.807) is 6.20 Å². The number of hydrogen-bond donors (Lipinski definition) is 4. The molecule has 2 aliphatic heterocycles. The topological polar surface area (TPSA) is 77.1 Å². The first-order chi connectivity index (χ1) is 16.5. The summed E-state index contributed by atoms with van der Waals surface area (Å²) in [4.78, 5) is 10.7. The van der Waals surface area contributed by atoms with Gasteiger partial charge < -0.3 is 26.2 Å². The molecule has 1 fully saturated rings. The Hall–Kier alpha value is -3.20. The van der Waals surface area contributed by atoms with Crippen LogP contribution < -0.4 is 26.2 Å². The Morgan fingerprint density at radius 2 is 2.00 bits per heavy atom. The largest absolute Gasteiger partial charge is 0.390 e. The number of alkyl halides is 2. The lowest BCUT2D eigenvalue weighted by Gasteiger charge is -2.34. The van der Waals surface area contributed by atoms with Gasteiger partial charge in [-0.05, 0) is 37.8 Å². The molecule has 0 saturated carbocycles. The van der Waals surface area contributed by atoms with Crippen molar-refractivity contribution in [2.75, 3.05) is 49.5 Å². The van der Waals surface area contributed by atoms with E-state index < -0.39 is 5.92 Å². The minimum Gasteiger partial charge on any atom is -0.390 e. The molecule has 9 heteroatoms. The van der Waals surface area contributed by atoms with Gasteiger partial charge in [-0.2, -0.15) is 0 Å². The number of halogens is 2. The van der Waals surface area contributed by atoms with Crippen molar-refractivity contribution in [1.82, 2.24) is 25.9 Å². The van der Waals surface area contributed by atoms with Gasteiger partial charge in [-0.15, -0.1) is 0 Å². The Balaban J connectivity index is 1.54. The maximum atomic E-state index is 13.5. The number of fused-ring (bicyclic) bond motifs is 1. The molecule has 0 aliphatic carbocycles. The summed E-state index contributed by atoms with van der Waals surface area (Å²) in [5.74, 6) is -1.09. The maximum Gasteiger partial charge on any atom is 0.251 e. The van der Waals surface area contributed by atoms with Gasteiger partial charge >= 0.3 is 0 Å². The van der Waals surface area contributed by atoms with E-state index in [1.807, 2.05) is 42.2 Å². The van der Waals surface area contributed by atoms with Crippen LogP contribution >= 0.6 is 0 Å². The summed E-state index contributed by atoms with van der Waals surface area (Å²) >= 11 is 0. The molecule has 1 aromatic heterocycles. The third-order valence-electron chi connectivity index (χ3n) is 5.63. The third-order valence-corrected chi connectivity index (χ3v) is 5.63. The Labute approximate surface area is 200 Å². The highest BCUT2D eigenvalue weighted by Crippen LogP contribution is 2.34. The zero-order chi connectivity index (χ0) is 24.2. The molecule has 184 valence electrons. The average Bonchev–Trinajstić information content (AvgIpc) is 2.83. The molecule has 0 unspecified atom stereocenters. The first-order valence-corrected chi connectivity index (χ1v) is 11.8. The van der Waals surface area contributed by atoms with E-state index in [0.717, 1.165) is 54.8 Å². The summed E-state index contributed by atoms with van der Waals surface area (Å²) in [5, 5.41) is 13.2. The summed E-state index contributed by atoms with van der Waals surface area (Å²) in [6.07, 6.45) is 15.7. The van der Waals surface area contributed by atoms with Crippen LogP contribution in [0.25, 0.3) is 0 Å². The molecule has 3 heterocycles. The quantitative estimate of drug-likeness (QED) is 0.275. The van der Waals surface area contributed by atoms with Crippen LogP contribution in [0.15, 0.2) is 67.0 Å². The van der Waals surface area contributed by atoms with Gasteiger partial charge in [-0.1, -0.05) is 24.8 Å². The molecule has 0 radical (unpaired) electrons. The minimum atomic E-state index is -2.58. The number of rotatable bonds is 12. The highest BCUT2D eigenvalue weighted by atomic mass is 19.3. The number of hydrogen-bond acceptors (Lipinski definition) is 7. The Bertz CT molecular complexity index is 927. The summed E-state index contributed by atoms with van der Waals surface area (Å²) in [5.41, 5.74) is 2.91. The molecule has 2 aliphatic rings. The molecule has 3 rings (SSSR count). The lowest BCUT2D eigenvalue weighted by molar-refractivity contribution is -0.0221. The molecule has 1 saturated heterocycles. The van der Waals surface area contributed by atoms with Crippen molar-refractivity contribution >= 4 is 11.6 Å². The second kappa shape index (κ2) is 12.9. The van der Waals surface area contributed by atoms with Gasteiger partial charge in [0.15, 0.2) is 0 Å². The molecule has 0 spiro atoms. The number of aromatic nitrogens is 2. The smallest absolute Gasteiger partial charge is 0.251 e. The van der Waals surface area contributed by atoms with Crippen LogP contribution in [0.1, 0.15) is 25.3 Å². The average molecular weight is 472 g/mol. The van der Waals surface area contributed by atoms with Crippen molar-refractivity contribution in [2.45, 2.75) is 32.1 Å². The zero-order valence-electron chi connectivity index (χ0n) is 19.8. The monoisotopic (exact) mass is 471 g/mol. The molecule has 0 amide bonds. The van der Waals surface area contributed by atoms with E-state index in [2.05, 4.69) is 43.9 Å².